The molecule has 19 heavy (non-hydrogen) atoms. The van der Waals surface area contributed by atoms with Crippen LogP contribution in [0.4, 0.5) is 0 Å². The van der Waals surface area contributed by atoms with Gasteiger partial charge in [-0.1, -0.05) is 32.5 Å². The second-order valence-corrected chi connectivity index (χ2v) is 5.05. The maximum absolute atomic E-state index is 5.69. The zero-order valence-corrected chi connectivity index (χ0v) is 12.9. The summed E-state index contributed by atoms with van der Waals surface area (Å²) in [5.41, 5.74) is 7.74. The van der Waals surface area contributed by atoms with E-state index in [4.69, 9.17) is 22.7 Å². The van der Waals surface area contributed by atoms with E-state index >= 15 is 0 Å². The van der Waals surface area contributed by atoms with Gasteiger partial charge in [-0.05, 0) is 37.7 Å². The van der Waals surface area contributed by atoms with Crippen LogP contribution in [-0.2, 0) is 6.54 Å². The Hall–Kier alpha value is -1.13. The molecule has 0 amide bonds. The Morgan fingerprint density at radius 2 is 2.11 bits per heavy atom. The third kappa shape index (κ3) is 4.80. The van der Waals surface area contributed by atoms with Gasteiger partial charge in [0, 0.05) is 17.7 Å². The Bertz CT molecular complexity index is 421. The molecule has 1 rings (SSSR count). The molecule has 0 aliphatic carbocycles. The van der Waals surface area contributed by atoms with Gasteiger partial charge in [0.25, 0.3) is 0 Å². The number of ether oxygens (including phenoxy) is 1. The monoisotopic (exact) mass is 280 g/mol. The second-order valence-electron chi connectivity index (χ2n) is 4.61. The van der Waals surface area contributed by atoms with Crippen LogP contribution < -0.4 is 10.5 Å². The van der Waals surface area contributed by atoms with E-state index in [1.165, 1.54) is 12.8 Å². The van der Waals surface area contributed by atoms with Gasteiger partial charge in [0.2, 0.25) is 0 Å². The van der Waals surface area contributed by atoms with Crippen LogP contribution in [0.2, 0.25) is 0 Å². The van der Waals surface area contributed by atoms with Crippen molar-refractivity contribution in [2.45, 2.75) is 33.2 Å². The maximum Gasteiger partial charge on any atom is 0.123 e. The molecule has 0 bridgehead atoms. The van der Waals surface area contributed by atoms with Crippen LogP contribution in [0.25, 0.3) is 0 Å². The number of rotatable bonds is 8. The Morgan fingerprint density at radius 3 is 2.63 bits per heavy atom. The standard InChI is InChI=1S/C15H24N2OS/c1-4-6-9-17(5-2)11-13-10-12(15(16)19)7-8-14(13)18-3/h7-8,10H,4-6,9,11H2,1-3H3,(H2,16,19). The van der Waals surface area contributed by atoms with Gasteiger partial charge in [0.1, 0.15) is 10.7 Å². The van der Waals surface area contributed by atoms with Crippen molar-refractivity contribution in [2.24, 2.45) is 5.73 Å². The summed E-state index contributed by atoms with van der Waals surface area (Å²) in [6, 6.07) is 5.89. The summed E-state index contributed by atoms with van der Waals surface area (Å²) in [6.45, 7) is 7.39. The number of nitrogens with two attached hydrogens (primary N) is 1. The van der Waals surface area contributed by atoms with Crippen LogP contribution in [0, 0.1) is 0 Å². The topological polar surface area (TPSA) is 38.5 Å². The number of unbranched alkanes of at least 4 members (excludes halogenated alkanes) is 1. The lowest BCUT2D eigenvalue weighted by molar-refractivity contribution is 0.270. The molecule has 106 valence electrons. The molecule has 0 heterocycles. The molecule has 0 radical (unpaired) electrons. The van der Waals surface area contributed by atoms with E-state index in [1.807, 2.05) is 18.2 Å². The van der Waals surface area contributed by atoms with Gasteiger partial charge in [-0.3, -0.25) is 4.90 Å². The first-order valence-electron chi connectivity index (χ1n) is 6.81. The Labute approximate surface area is 121 Å². The molecule has 0 fully saturated rings. The zero-order valence-electron chi connectivity index (χ0n) is 12.1. The number of methoxy groups -OCH3 is 1. The Morgan fingerprint density at radius 1 is 1.37 bits per heavy atom. The largest absolute Gasteiger partial charge is 0.496 e. The van der Waals surface area contributed by atoms with Crippen molar-refractivity contribution in [1.29, 1.82) is 0 Å². The predicted molar refractivity (Wildman–Crippen MR) is 84.7 cm³/mol. The lowest BCUT2D eigenvalue weighted by Crippen LogP contribution is -2.24. The van der Waals surface area contributed by atoms with E-state index in [9.17, 15) is 0 Å². The SMILES string of the molecule is CCCCN(CC)Cc1cc(C(N)=S)ccc1OC. The van der Waals surface area contributed by atoms with Crippen LogP contribution in [0.15, 0.2) is 18.2 Å². The fraction of sp³-hybridized carbons (Fsp3) is 0.533. The number of hydrogen-bond donors (Lipinski definition) is 1. The van der Waals surface area contributed by atoms with Gasteiger partial charge < -0.3 is 10.5 Å². The van der Waals surface area contributed by atoms with E-state index in [0.717, 1.165) is 36.5 Å². The highest BCUT2D eigenvalue weighted by Crippen LogP contribution is 2.22. The molecule has 0 aliphatic rings. The third-order valence-corrected chi connectivity index (χ3v) is 3.47. The maximum atomic E-state index is 5.69. The minimum absolute atomic E-state index is 0.431. The fourth-order valence-corrected chi connectivity index (χ4v) is 2.15. The first-order chi connectivity index (χ1) is 9.12. The van der Waals surface area contributed by atoms with E-state index in [1.54, 1.807) is 7.11 Å². The highest BCUT2D eigenvalue weighted by Gasteiger charge is 2.10. The summed E-state index contributed by atoms with van der Waals surface area (Å²) in [4.78, 5) is 2.84. The van der Waals surface area contributed by atoms with Gasteiger partial charge in [-0.25, -0.2) is 0 Å². The normalized spacial score (nSPS) is 10.7. The fourth-order valence-electron chi connectivity index (χ4n) is 2.03. The smallest absolute Gasteiger partial charge is 0.123 e. The zero-order chi connectivity index (χ0) is 14.3. The number of thiocarbonyl (C=S) groups is 1. The van der Waals surface area contributed by atoms with Crippen molar-refractivity contribution in [3.63, 3.8) is 0 Å². The molecule has 1 aromatic rings. The lowest BCUT2D eigenvalue weighted by atomic mass is 10.1. The van der Waals surface area contributed by atoms with Crippen LogP contribution in [-0.4, -0.2) is 30.1 Å². The molecule has 0 saturated heterocycles. The molecular formula is C15H24N2OS. The van der Waals surface area contributed by atoms with Crippen molar-refractivity contribution in [3.05, 3.63) is 29.3 Å². The summed E-state index contributed by atoms with van der Waals surface area (Å²) >= 11 is 5.04. The summed E-state index contributed by atoms with van der Waals surface area (Å²) in [6.07, 6.45) is 2.42. The van der Waals surface area contributed by atoms with E-state index in [-0.39, 0.29) is 0 Å². The second kappa shape index (κ2) is 8.12. The number of hydrogen-bond acceptors (Lipinski definition) is 3. The van der Waals surface area contributed by atoms with Crippen LogP contribution in [0.3, 0.4) is 0 Å². The first-order valence-corrected chi connectivity index (χ1v) is 7.22. The molecule has 0 aliphatic heterocycles. The van der Waals surface area contributed by atoms with Crippen molar-refractivity contribution in [3.8, 4) is 5.75 Å². The summed E-state index contributed by atoms with van der Waals surface area (Å²) < 4.78 is 5.42. The highest BCUT2D eigenvalue weighted by atomic mass is 32.1. The van der Waals surface area contributed by atoms with Crippen LogP contribution in [0.5, 0.6) is 5.75 Å². The van der Waals surface area contributed by atoms with Crippen molar-refractivity contribution in [1.82, 2.24) is 4.90 Å². The molecule has 0 atom stereocenters. The molecule has 2 N–H and O–H groups in total. The Balaban J connectivity index is 2.89. The van der Waals surface area contributed by atoms with Gasteiger partial charge >= 0.3 is 0 Å². The molecule has 4 heteroatoms. The van der Waals surface area contributed by atoms with Crippen molar-refractivity contribution in [2.75, 3.05) is 20.2 Å². The predicted octanol–water partition coefficient (Wildman–Crippen LogP) is 2.95. The van der Waals surface area contributed by atoms with Gasteiger partial charge in [-0.2, -0.15) is 0 Å². The first kappa shape index (κ1) is 15.9. The summed E-state index contributed by atoms with van der Waals surface area (Å²) in [5, 5.41) is 0. The van der Waals surface area contributed by atoms with Crippen molar-refractivity contribution >= 4 is 17.2 Å². The van der Waals surface area contributed by atoms with E-state index in [2.05, 4.69) is 18.7 Å². The van der Waals surface area contributed by atoms with Crippen LogP contribution in [0.1, 0.15) is 37.8 Å². The quantitative estimate of drug-likeness (QED) is 0.743. The summed E-state index contributed by atoms with van der Waals surface area (Å²) in [7, 11) is 1.70. The highest BCUT2D eigenvalue weighted by molar-refractivity contribution is 7.80. The Kier molecular flexibility index (Phi) is 6.81. The molecule has 0 saturated carbocycles. The molecule has 3 nitrogen and oxygen atoms in total. The minimum Gasteiger partial charge on any atom is -0.496 e. The molecule has 0 spiro atoms. The number of benzene rings is 1. The molecular weight excluding hydrogens is 256 g/mol. The average Bonchev–Trinajstić information content (AvgIpc) is 2.43. The molecule has 0 unspecified atom stereocenters. The lowest BCUT2D eigenvalue weighted by Gasteiger charge is -2.21. The molecule has 1 aromatic carbocycles. The van der Waals surface area contributed by atoms with Gasteiger partial charge in [0.15, 0.2) is 0 Å². The van der Waals surface area contributed by atoms with E-state index in [0.29, 0.717) is 4.99 Å². The van der Waals surface area contributed by atoms with Gasteiger partial charge in [0.05, 0.1) is 7.11 Å². The minimum atomic E-state index is 0.431. The third-order valence-electron chi connectivity index (χ3n) is 3.23. The van der Waals surface area contributed by atoms with E-state index < -0.39 is 0 Å². The van der Waals surface area contributed by atoms with Crippen molar-refractivity contribution < 1.29 is 4.74 Å². The van der Waals surface area contributed by atoms with Crippen LogP contribution >= 0.6 is 12.2 Å². The molecule has 0 aromatic heterocycles. The average molecular weight is 280 g/mol. The van der Waals surface area contributed by atoms with Gasteiger partial charge in [-0.15, -0.1) is 0 Å². The number of nitrogens with zero attached hydrogens (tertiary/aromatic N) is 1. The summed E-state index contributed by atoms with van der Waals surface area (Å²) in [5.74, 6) is 0.898.